The molecule has 2 N–H and O–H groups in total. The first-order valence-corrected chi connectivity index (χ1v) is 6.18. The Morgan fingerprint density at radius 3 is 2.56 bits per heavy atom. The van der Waals surface area contributed by atoms with Crippen LogP contribution in [0.4, 0.5) is 4.39 Å². The van der Waals surface area contributed by atoms with Crippen molar-refractivity contribution in [3.8, 4) is 5.75 Å². The summed E-state index contributed by atoms with van der Waals surface area (Å²) < 4.78 is 19.1. The van der Waals surface area contributed by atoms with Crippen molar-refractivity contribution in [1.29, 1.82) is 0 Å². The van der Waals surface area contributed by atoms with Crippen molar-refractivity contribution in [3.05, 3.63) is 28.0 Å². The minimum atomic E-state index is -0.360. The third kappa shape index (κ3) is 1.96. The first kappa shape index (κ1) is 11.9. The third-order valence-electron chi connectivity index (χ3n) is 3.27. The lowest BCUT2D eigenvalue weighted by Crippen LogP contribution is -2.33. The van der Waals surface area contributed by atoms with Crippen LogP contribution in [0.1, 0.15) is 31.2 Å². The summed E-state index contributed by atoms with van der Waals surface area (Å²) in [6.07, 6.45) is 4.10. The molecule has 0 radical (unpaired) electrons. The van der Waals surface area contributed by atoms with E-state index >= 15 is 0 Å². The van der Waals surface area contributed by atoms with Gasteiger partial charge in [0.15, 0.2) is 0 Å². The molecule has 0 saturated heterocycles. The molecule has 1 saturated carbocycles. The van der Waals surface area contributed by atoms with Crippen LogP contribution >= 0.6 is 15.9 Å². The summed E-state index contributed by atoms with van der Waals surface area (Å²) in [5.74, 6) is 0.229. The van der Waals surface area contributed by atoms with E-state index in [9.17, 15) is 4.39 Å². The second kappa shape index (κ2) is 4.34. The summed E-state index contributed by atoms with van der Waals surface area (Å²) in [4.78, 5) is 0. The van der Waals surface area contributed by atoms with Gasteiger partial charge in [0.05, 0.1) is 11.6 Å². The molecule has 0 aliphatic heterocycles. The molecule has 0 unspecified atom stereocenters. The monoisotopic (exact) mass is 287 g/mol. The minimum Gasteiger partial charge on any atom is -0.496 e. The lowest BCUT2D eigenvalue weighted by molar-refractivity contribution is 0.376. The zero-order chi connectivity index (χ0) is 11.8. The first-order valence-electron chi connectivity index (χ1n) is 5.39. The van der Waals surface area contributed by atoms with E-state index in [2.05, 4.69) is 15.9 Å². The number of ether oxygens (including phenoxy) is 1. The Balaban J connectivity index is 2.50. The van der Waals surface area contributed by atoms with E-state index in [1.54, 1.807) is 13.2 Å². The van der Waals surface area contributed by atoms with E-state index in [0.717, 1.165) is 31.2 Å². The van der Waals surface area contributed by atoms with Crippen molar-refractivity contribution in [1.82, 2.24) is 0 Å². The Morgan fingerprint density at radius 1 is 1.38 bits per heavy atom. The number of hydrogen-bond acceptors (Lipinski definition) is 2. The van der Waals surface area contributed by atoms with Gasteiger partial charge >= 0.3 is 0 Å². The molecule has 2 rings (SSSR count). The largest absolute Gasteiger partial charge is 0.496 e. The van der Waals surface area contributed by atoms with E-state index in [-0.39, 0.29) is 11.4 Å². The number of hydrogen-bond donors (Lipinski definition) is 1. The quantitative estimate of drug-likeness (QED) is 0.906. The Kier molecular flexibility index (Phi) is 3.22. The molecule has 1 fully saturated rings. The van der Waals surface area contributed by atoms with E-state index in [1.807, 2.05) is 0 Å². The summed E-state index contributed by atoms with van der Waals surface area (Å²) in [7, 11) is 1.55. The maximum Gasteiger partial charge on any atom is 0.141 e. The minimum absolute atomic E-state index is 0.317. The van der Waals surface area contributed by atoms with Gasteiger partial charge in [0.25, 0.3) is 0 Å². The van der Waals surface area contributed by atoms with E-state index in [1.165, 1.54) is 6.07 Å². The molecule has 0 atom stereocenters. The molecule has 0 aromatic heterocycles. The van der Waals surface area contributed by atoms with Crippen LogP contribution in [0.25, 0.3) is 0 Å². The number of methoxy groups -OCH3 is 1. The first-order chi connectivity index (χ1) is 7.57. The number of rotatable bonds is 2. The highest BCUT2D eigenvalue weighted by Gasteiger charge is 2.34. The van der Waals surface area contributed by atoms with Crippen LogP contribution in [0.5, 0.6) is 5.75 Å². The third-order valence-corrected chi connectivity index (χ3v) is 3.88. The van der Waals surface area contributed by atoms with Gasteiger partial charge in [-0.3, -0.25) is 0 Å². The van der Waals surface area contributed by atoms with Crippen LogP contribution in [-0.2, 0) is 5.54 Å². The molecule has 2 nitrogen and oxygen atoms in total. The SMILES string of the molecule is COc1cc(F)c(Br)cc1C1(N)CCCC1. The predicted octanol–water partition coefficient (Wildman–Crippen LogP) is 3.32. The zero-order valence-electron chi connectivity index (χ0n) is 9.22. The van der Waals surface area contributed by atoms with E-state index in [4.69, 9.17) is 10.5 Å². The van der Waals surface area contributed by atoms with Crippen LogP contribution in [-0.4, -0.2) is 7.11 Å². The van der Waals surface area contributed by atoms with Gasteiger partial charge in [-0.15, -0.1) is 0 Å². The van der Waals surface area contributed by atoms with Crippen LogP contribution in [0, 0.1) is 5.82 Å². The fourth-order valence-corrected chi connectivity index (χ4v) is 2.71. The predicted molar refractivity (Wildman–Crippen MR) is 65.0 cm³/mol. The highest BCUT2D eigenvalue weighted by Crippen LogP contribution is 2.42. The highest BCUT2D eigenvalue weighted by molar-refractivity contribution is 9.10. The molecule has 88 valence electrons. The van der Waals surface area contributed by atoms with Crippen LogP contribution < -0.4 is 10.5 Å². The molecule has 1 aromatic carbocycles. The molecule has 0 amide bonds. The van der Waals surface area contributed by atoms with Crippen molar-refractivity contribution in [3.63, 3.8) is 0 Å². The van der Waals surface area contributed by atoms with Crippen LogP contribution in [0.2, 0.25) is 0 Å². The van der Waals surface area contributed by atoms with Crippen molar-refractivity contribution >= 4 is 15.9 Å². The normalized spacial score (nSPS) is 18.8. The Morgan fingerprint density at radius 2 is 2.00 bits per heavy atom. The molecule has 0 bridgehead atoms. The topological polar surface area (TPSA) is 35.2 Å². The highest BCUT2D eigenvalue weighted by atomic mass is 79.9. The number of nitrogens with two attached hydrogens (primary N) is 1. The van der Waals surface area contributed by atoms with Gasteiger partial charge in [-0.25, -0.2) is 4.39 Å². The maximum atomic E-state index is 13.4. The van der Waals surface area contributed by atoms with Crippen molar-refractivity contribution in [2.24, 2.45) is 5.73 Å². The standard InChI is InChI=1S/C12H15BrFNO/c1-16-11-7-10(14)9(13)6-8(11)12(15)4-2-3-5-12/h6-7H,2-5,15H2,1H3. The second-order valence-corrected chi connectivity index (χ2v) is 5.18. The summed E-state index contributed by atoms with van der Waals surface area (Å²) in [5.41, 5.74) is 6.90. The van der Waals surface area contributed by atoms with Gasteiger partial charge in [-0.05, 0) is 34.8 Å². The Hall–Kier alpha value is -0.610. The Bertz CT molecular complexity index is 402. The lowest BCUT2D eigenvalue weighted by atomic mass is 9.88. The van der Waals surface area contributed by atoms with Gasteiger partial charge in [0.1, 0.15) is 11.6 Å². The van der Waals surface area contributed by atoms with Gasteiger partial charge in [0.2, 0.25) is 0 Å². The molecule has 1 aromatic rings. The van der Waals surface area contributed by atoms with Crippen LogP contribution in [0.15, 0.2) is 16.6 Å². The molecule has 0 spiro atoms. The number of benzene rings is 1. The average Bonchev–Trinajstić information content (AvgIpc) is 2.69. The van der Waals surface area contributed by atoms with Crippen molar-refractivity contribution in [2.75, 3.05) is 7.11 Å². The van der Waals surface area contributed by atoms with Crippen molar-refractivity contribution in [2.45, 2.75) is 31.2 Å². The molecule has 1 aliphatic rings. The molecule has 0 heterocycles. The summed E-state index contributed by atoms with van der Waals surface area (Å²) >= 11 is 3.19. The van der Waals surface area contributed by atoms with Crippen molar-refractivity contribution < 1.29 is 9.13 Å². The second-order valence-electron chi connectivity index (χ2n) is 4.33. The number of halogens is 2. The van der Waals surface area contributed by atoms with Crippen LogP contribution in [0.3, 0.4) is 0 Å². The zero-order valence-corrected chi connectivity index (χ0v) is 10.8. The summed E-state index contributed by atoms with van der Waals surface area (Å²) in [5, 5.41) is 0. The maximum absolute atomic E-state index is 13.4. The smallest absolute Gasteiger partial charge is 0.141 e. The molecular formula is C12H15BrFNO. The fourth-order valence-electron chi connectivity index (χ4n) is 2.36. The van der Waals surface area contributed by atoms with Gasteiger partial charge < -0.3 is 10.5 Å². The van der Waals surface area contributed by atoms with Gasteiger partial charge in [0, 0.05) is 17.2 Å². The molecule has 1 aliphatic carbocycles. The van der Waals surface area contributed by atoms with E-state index in [0.29, 0.717) is 10.2 Å². The fraction of sp³-hybridized carbons (Fsp3) is 0.500. The summed E-state index contributed by atoms with van der Waals surface area (Å²) in [6.45, 7) is 0. The molecule has 16 heavy (non-hydrogen) atoms. The van der Waals surface area contributed by atoms with E-state index < -0.39 is 0 Å². The molecular weight excluding hydrogens is 273 g/mol. The Labute approximate surface area is 103 Å². The molecule has 4 heteroatoms. The summed E-state index contributed by atoms with van der Waals surface area (Å²) in [6, 6.07) is 3.14. The average molecular weight is 288 g/mol. The van der Waals surface area contributed by atoms with Gasteiger partial charge in [-0.2, -0.15) is 0 Å². The lowest BCUT2D eigenvalue weighted by Gasteiger charge is -2.26. The van der Waals surface area contributed by atoms with Gasteiger partial charge in [-0.1, -0.05) is 12.8 Å².